The molecule has 0 N–H and O–H groups in total. The maximum Gasteiger partial charge on any atom is 0.214 e. The van der Waals surface area contributed by atoms with E-state index in [1.807, 2.05) is 48.5 Å². The maximum atomic E-state index is 5.98. The van der Waals surface area contributed by atoms with Crippen molar-refractivity contribution < 1.29 is 14.2 Å². The van der Waals surface area contributed by atoms with Crippen LogP contribution in [0.1, 0.15) is 18.4 Å². The van der Waals surface area contributed by atoms with Gasteiger partial charge in [-0.1, -0.05) is 30.3 Å². The van der Waals surface area contributed by atoms with Crippen LogP contribution in [0, 0.1) is 0 Å². The minimum atomic E-state index is 0.201. The summed E-state index contributed by atoms with van der Waals surface area (Å²) >= 11 is 0. The first kappa shape index (κ1) is 15.9. The van der Waals surface area contributed by atoms with E-state index >= 15 is 0 Å². The van der Waals surface area contributed by atoms with Gasteiger partial charge >= 0.3 is 0 Å². The monoisotopic (exact) mass is 335 g/mol. The highest BCUT2D eigenvalue weighted by Crippen LogP contribution is 2.24. The molecule has 25 heavy (non-hydrogen) atoms. The molecule has 1 aromatic heterocycles. The first-order valence-corrected chi connectivity index (χ1v) is 8.69. The number of pyridine rings is 1. The predicted molar refractivity (Wildman–Crippen MR) is 97.0 cm³/mol. The number of aromatic nitrogens is 1. The molecule has 4 heteroatoms. The number of hydrogen-bond acceptors (Lipinski definition) is 4. The van der Waals surface area contributed by atoms with Crippen molar-refractivity contribution in [2.24, 2.45) is 0 Å². The first-order chi connectivity index (χ1) is 12.4. The van der Waals surface area contributed by atoms with Crippen molar-refractivity contribution in [2.75, 3.05) is 13.2 Å². The van der Waals surface area contributed by atoms with Crippen LogP contribution in [-0.4, -0.2) is 24.3 Å². The van der Waals surface area contributed by atoms with Crippen LogP contribution < -0.4 is 9.47 Å². The Morgan fingerprint density at radius 3 is 2.64 bits per heavy atom. The molecule has 1 saturated heterocycles. The fourth-order valence-electron chi connectivity index (χ4n) is 2.95. The zero-order chi connectivity index (χ0) is 16.9. The van der Waals surface area contributed by atoms with Crippen molar-refractivity contribution >= 4 is 10.9 Å². The van der Waals surface area contributed by atoms with Crippen molar-refractivity contribution in [1.82, 2.24) is 4.98 Å². The fraction of sp³-hybridized carbons (Fsp3) is 0.286. The Kier molecular flexibility index (Phi) is 4.79. The fourth-order valence-corrected chi connectivity index (χ4v) is 2.95. The number of hydrogen-bond donors (Lipinski definition) is 0. The van der Waals surface area contributed by atoms with Crippen LogP contribution in [0.15, 0.2) is 60.7 Å². The van der Waals surface area contributed by atoms with Crippen molar-refractivity contribution in [3.63, 3.8) is 0 Å². The molecule has 2 heterocycles. The van der Waals surface area contributed by atoms with Crippen molar-refractivity contribution in [1.29, 1.82) is 0 Å². The lowest BCUT2D eigenvalue weighted by molar-refractivity contribution is 0.0239. The molecule has 0 unspecified atom stereocenters. The zero-order valence-corrected chi connectivity index (χ0v) is 14.1. The third kappa shape index (κ3) is 4.09. The second kappa shape index (κ2) is 7.53. The van der Waals surface area contributed by atoms with Crippen LogP contribution in [0.4, 0.5) is 0 Å². The predicted octanol–water partition coefficient (Wildman–Crippen LogP) is 4.37. The highest BCUT2D eigenvalue weighted by atomic mass is 16.5. The van der Waals surface area contributed by atoms with Gasteiger partial charge in [-0.3, -0.25) is 0 Å². The van der Waals surface area contributed by atoms with Gasteiger partial charge in [-0.25, -0.2) is 4.98 Å². The smallest absolute Gasteiger partial charge is 0.214 e. The van der Waals surface area contributed by atoms with E-state index in [1.165, 1.54) is 0 Å². The number of benzene rings is 2. The summed E-state index contributed by atoms with van der Waals surface area (Å²) in [6, 6.07) is 20.1. The summed E-state index contributed by atoms with van der Waals surface area (Å²) in [6.45, 7) is 2.09. The molecule has 0 bridgehead atoms. The van der Waals surface area contributed by atoms with Crippen molar-refractivity contribution in [2.45, 2.75) is 25.6 Å². The minimum absolute atomic E-state index is 0.201. The highest BCUT2D eigenvalue weighted by Gasteiger charge is 2.15. The summed E-state index contributed by atoms with van der Waals surface area (Å²) in [7, 11) is 0. The Morgan fingerprint density at radius 1 is 0.960 bits per heavy atom. The third-order valence-electron chi connectivity index (χ3n) is 4.34. The lowest BCUT2D eigenvalue weighted by atomic mass is 10.1. The third-order valence-corrected chi connectivity index (χ3v) is 4.34. The Morgan fingerprint density at radius 2 is 1.80 bits per heavy atom. The van der Waals surface area contributed by atoms with Crippen molar-refractivity contribution in [3.05, 3.63) is 66.2 Å². The molecule has 3 aromatic rings. The molecular formula is C21H21NO3. The van der Waals surface area contributed by atoms with E-state index in [4.69, 9.17) is 14.2 Å². The summed E-state index contributed by atoms with van der Waals surface area (Å²) in [6.07, 6.45) is 2.05. The molecule has 1 fully saturated rings. The number of nitrogens with zero attached hydrogens (tertiary/aromatic N) is 1. The Balaban J connectivity index is 1.44. The van der Waals surface area contributed by atoms with Gasteiger partial charge in [0.25, 0.3) is 0 Å². The lowest BCUT2D eigenvalue weighted by Crippen LogP contribution is -2.26. The average Bonchev–Trinajstić information content (AvgIpc) is 2.68. The lowest BCUT2D eigenvalue weighted by Gasteiger charge is -2.22. The highest BCUT2D eigenvalue weighted by molar-refractivity contribution is 5.80. The number of rotatable bonds is 5. The largest absolute Gasteiger partial charge is 0.489 e. The topological polar surface area (TPSA) is 40.6 Å². The molecule has 0 atom stereocenters. The summed E-state index contributed by atoms with van der Waals surface area (Å²) < 4.78 is 17.2. The Bertz CT molecular complexity index is 829. The van der Waals surface area contributed by atoms with E-state index in [1.54, 1.807) is 0 Å². The molecule has 1 aliphatic rings. The van der Waals surface area contributed by atoms with Gasteiger partial charge in [0.15, 0.2) is 0 Å². The molecule has 0 amide bonds. The van der Waals surface area contributed by atoms with E-state index in [9.17, 15) is 0 Å². The van der Waals surface area contributed by atoms with Gasteiger partial charge in [0, 0.05) is 24.3 Å². The van der Waals surface area contributed by atoms with E-state index in [0.717, 1.165) is 48.3 Å². The molecule has 128 valence electrons. The van der Waals surface area contributed by atoms with Crippen molar-refractivity contribution in [3.8, 4) is 11.6 Å². The van der Waals surface area contributed by atoms with Gasteiger partial charge in [-0.2, -0.15) is 0 Å². The van der Waals surface area contributed by atoms with E-state index < -0.39 is 0 Å². The Labute approximate surface area is 147 Å². The Hall–Kier alpha value is -2.59. The van der Waals surface area contributed by atoms with Gasteiger partial charge in [0.2, 0.25) is 5.88 Å². The van der Waals surface area contributed by atoms with Gasteiger partial charge in [0.1, 0.15) is 18.5 Å². The molecule has 0 aliphatic carbocycles. The molecule has 0 saturated carbocycles. The second-order valence-corrected chi connectivity index (χ2v) is 6.21. The number of ether oxygens (including phenoxy) is 3. The molecular weight excluding hydrogens is 314 g/mol. The van der Waals surface area contributed by atoms with Crippen LogP contribution in [0.2, 0.25) is 0 Å². The molecule has 0 radical (unpaired) electrons. The van der Waals surface area contributed by atoms with Gasteiger partial charge in [-0.05, 0) is 29.8 Å². The number of fused-ring (bicyclic) bond motifs is 1. The molecule has 4 nitrogen and oxygen atoms in total. The standard InChI is InChI=1S/C21H21NO3/c1-2-4-16(5-3-1)15-24-19-7-8-20-17(14-19)6-9-21(22-20)25-18-10-12-23-13-11-18/h1-9,14,18H,10-13,15H2. The summed E-state index contributed by atoms with van der Waals surface area (Å²) in [4.78, 5) is 4.61. The van der Waals surface area contributed by atoms with Crippen LogP contribution in [0.3, 0.4) is 0 Å². The summed E-state index contributed by atoms with van der Waals surface area (Å²) in [5.74, 6) is 1.52. The van der Waals surface area contributed by atoms with Gasteiger partial charge in [-0.15, -0.1) is 0 Å². The zero-order valence-electron chi connectivity index (χ0n) is 14.1. The van der Waals surface area contributed by atoms with Crippen LogP contribution in [-0.2, 0) is 11.3 Å². The first-order valence-electron chi connectivity index (χ1n) is 8.69. The maximum absolute atomic E-state index is 5.98. The summed E-state index contributed by atoms with van der Waals surface area (Å²) in [5, 5.41) is 1.05. The SMILES string of the molecule is c1ccc(COc2ccc3nc(OC4CCOCC4)ccc3c2)cc1. The second-order valence-electron chi connectivity index (χ2n) is 6.21. The normalized spacial score (nSPS) is 15.2. The quantitative estimate of drug-likeness (QED) is 0.694. The van der Waals surface area contributed by atoms with Crippen LogP contribution >= 0.6 is 0 Å². The molecule has 4 rings (SSSR count). The van der Waals surface area contributed by atoms with E-state index in [2.05, 4.69) is 17.1 Å². The average molecular weight is 335 g/mol. The minimum Gasteiger partial charge on any atom is -0.489 e. The van der Waals surface area contributed by atoms with Gasteiger partial charge in [0.05, 0.1) is 18.7 Å². The van der Waals surface area contributed by atoms with E-state index in [-0.39, 0.29) is 6.10 Å². The van der Waals surface area contributed by atoms with Gasteiger partial charge < -0.3 is 14.2 Å². The molecule has 1 aliphatic heterocycles. The van der Waals surface area contributed by atoms with Crippen LogP contribution in [0.25, 0.3) is 10.9 Å². The van der Waals surface area contributed by atoms with E-state index in [0.29, 0.717) is 12.5 Å². The summed E-state index contributed by atoms with van der Waals surface area (Å²) in [5.41, 5.74) is 2.07. The van der Waals surface area contributed by atoms with Crippen LogP contribution in [0.5, 0.6) is 11.6 Å². The molecule has 0 spiro atoms. The molecule has 2 aromatic carbocycles.